The average molecular weight is 400 g/mol. The van der Waals surface area contributed by atoms with Crippen LogP contribution in [0.4, 0.5) is 4.39 Å². The van der Waals surface area contributed by atoms with Crippen molar-refractivity contribution >= 4 is 40.7 Å². The van der Waals surface area contributed by atoms with Crippen LogP contribution >= 0.6 is 40.7 Å². The molecule has 0 unspecified atom stereocenters. The topological polar surface area (TPSA) is 15.3 Å². The standard InChI is InChI=1S/C15H20BrFN2.2ClH/c16-13-6-2-5-12(14(13)17)15(11-3-1-4-11)19-9-7-18-8-10-19;;/h2,5-6,11,15,18H,1,3-4,7-10H2;2*1H/t15-;;/m1../s1. The summed E-state index contributed by atoms with van der Waals surface area (Å²) in [6.45, 7) is 4.07. The van der Waals surface area contributed by atoms with Crippen molar-refractivity contribution < 1.29 is 4.39 Å². The van der Waals surface area contributed by atoms with Crippen LogP contribution in [-0.2, 0) is 0 Å². The molecular weight excluding hydrogens is 378 g/mol. The molecular formula is C15H22BrCl2FN2. The van der Waals surface area contributed by atoms with Crippen LogP contribution in [0.15, 0.2) is 22.7 Å². The molecule has 2 aliphatic rings. The van der Waals surface area contributed by atoms with Crippen LogP contribution in [0.3, 0.4) is 0 Å². The molecule has 1 aliphatic carbocycles. The average Bonchev–Trinajstić information content (AvgIpc) is 2.38. The maximum absolute atomic E-state index is 14.4. The molecule has 1 saturated heterocycles. The van der Waals surface area contributed by atoms with Gasteiger partial charge in [0.05, 0.1) is 4.47 Å². The fourth-order valence-electron chi connectivity index (χ4n) is 3.21. The van der Waals surface area contributed by atoms with Gasteiger partial charge >= 0.3 is 0 Å². The molecule has 0 bridgehead atoms. The molecule has 0 amide bonds. The molecule has 3 rings (SSSR count). The Labute approximate surface area is 146 Å². The van der Waals surface area contributed by atoms with Crippen molar-refractivity contribution in [2.24, 2.45) is 5.92 Å². The Hall–Kier alpha value is 0.130. The molecule has 1 aliphatic heterocycles. The van der Waals surface area contributed by atoms with E-state index >= 15 is 0 Å². The van der Waals surface area contributed by atoms with Gasteiger partial charge < -0.3 is 5.32 Å². The van der Waals surface area contributed by atoms with E-state index < -0.39 is 0 Å². The molecule has 120 valence electrons. The SMILES string of the molecule is Cl.Cl.Fc1c(Br)cccc1[C@@H](C1CCC1)N1CCNCC1. The van der Waals surface area contributed by atoms with Crippen LogP contribution in [0.2, 0.25) is 0 Å². The first-order valence-corrected chi connectivity index (χ1v) is 7.95. The summed E-state index contributed by atoms with van der Waals surface area (Å²) in [5.41, 5.74) is 0.876. The van der Waals surface area contributed by atoms with Crippen molar-refractivity contribution in [3.8, 4) is 0 Å². The van der Waals surface area contributed by atoms with Gasteiger partial charge in [0.1, 0.15) is 5.82 Å². The highest BCUT2D eigenvalue weighted by molar-refractivity contribution is 9.10. The molecule has 1 aromatic carbocycles. The van der Waals surface area contributed by atoms with Crippen LogP contribution < -0.4 is 5.32 Å². The fraction of sp³-hybridized carbons (Fsp3) is 0.600. The van der Waals surface area contributed by atoms with E-state index in [9.17, 15) is 4.39 Å². The van der Waals surface area contributed by atoms with Crippen molar-refractivity contribution in [2.45, 2.75) is 25.3 Å². The second kappa shape index (κ2) is 8.68. The third-order valence-corrected chi connectivity index (χ3v) is 5.05. The van der Waals surface area contributed by atoms with E-state index in [0.717, 1.165) is 31.7 Å². The molecule has 21 heavy (non-hydrogen) atoms. The van der Waals surface area contributed by atoms with Gasteiger partial charge in [0.15, 0.2) is 0 Å². The first-order valence-electron chi connectivity index (χ1n) is 7.16. The summed E-state index contributed by atoms with van der Waals surface area (Å²) in [7, 11) is 0. The third-order valence-electron chi connectivity index (χ3n) is 4.44. The molecule has 1 N–H and O–H groups in total. The summed E-state index contributed by atoms with van der Waals surface area (Å²) in [5.74, 6) is 0.555. The Morgan fingerprint density at radius 1 is 1.19 bits per heavy atom. The number of piperazine rings is 1. The summed E-state index contributed by atoms with van der Waals surface area (Å²) < 4.78 is 15.0. The predicted molar refractivity (Wildman–Crippen MR) is 93.1 cm³/mol. The second-order valence-electron chi connectivity index (χ2n) is 5.56. The van der Waals surface area contributed by atoms with Gasteiger partial charge in [0, 0.05) is 37.8 Å². The van der Waals surface area contributed by atoms with E-state index in [1.165, 1.54) is 19.3 Å². The zero-order valence-corrected chi connectivity index (χ0v) is 15.1. The number of nitrogens with one attached hydrogen (secondary N) is 1. The van der Waals surface area contributed by atoms with E-state index in [-0.39, 0.29) is 36.7 Å². The number of rotatable bonds is 3. The molecule has 1 saturated carbocycles. The number of hydrogen-bond acceptors (Lipinski definition) is 2. The van der Waals surface area contributed by atoms with Gasteiger partial charge in [-0.1, -0.05) is 18.6 Å². The zero-order chi connectivity index (χ0) is 13.2. The van der Waals surface area contributed by atoms with Crippen LogP contribution in [0.1, 0.15) is 30.9 Å². The molecule has 2 fully saturated rings. The van der Waals surface area contributed by atoms with Crippen molar-refractivity contribution in [1.82, 2.24) is 10.2 Å². The van der Waals surface area contributed by atoms with Gasteiger partial charge in [-0.15, -0.1) is 24.8 Å². The lowest BCUT2D eigenvalue weighted by molar-refractivity contribution is 0.0811. The largest absolute Gasteiger partial charge is 0.314 e. The quantitative estimate of drug-likeness (QED) is 0.820. The Balaban J connectivity index is 0.00000110. The Morgan fingerprint density at radius 3 is 2.43 bits per heavy atom. The Kier molecular flexibility index (Phi) is 7.93. The van der Waals surface area contributed by atoms with E-state index in [1.807, 2.05) is 12.1 Å². The maximum atomic E-state index is 14.4. The van der Waals surface area contributed by atoms with Crippen molar-refractivity contribution in [3.63, 3.8) is 0 Å². The van der Waals surface area contributed by atoms with Crippen molar-refractivity contribution in [2.75, 3.05) is 26.2 Å². The minimum Gasteiger partial charge on any atom is -0.314 e. The van der Waals surface area contributed by atoms with E-state index in [0.29, 0.717) is 10.4 Å². The minimum atomic E-state index is -0.0714. The van der Waals surface area contributed by atoms with Crippen LogP contribution in [-0.4, -0.2) is 31.1 Å². The van der Waals surface area contributed by atoms with Gasteiger partial charge in [0.25, 0.3) is 0 Å². The van der Waals surface area contributed by atoms with Crippen molar-refractivity contribution in [1.29, 1.82) is 0 Å². The smallest absolute Gasteiger partial charge is 0.142 e. The highest BCUT2D eigenvalue weighted by atomic mass is 79.9. The Morgan fingerprint density at radius 2 is 1.86 bits per heavy atom. The lowest BCUT2D eigenvalue weighted by atomic mass is 9.76. The summed E-state index contributed by atoms with van der Waals surface area (Å²) in [6.07, 6.45) is 3.77. The van der Waals surface area contributed by atoms with E-state index in [2.05, 4.69) is 26.1 Å². The molecule has 2 nitrogen and oxygen atoms in total. The van der Waals surface area contributed by atoms with Gasteiger partial charge in [0.2, 0.25) is 0 Å². The molecule has 1 aromatic rings. The van der Waals surface area contributed by atoms with Gasteiger partial charge in [-0.3, -0.25) is 4.90 Å². The predicted octanol–water partition coefficient (Wildman–Crippen LogP) is 4.18. The van der Waals surface area contributed by atoms with Crippen molar-refractivity contribution in [3.05, 3.63) is 34.1 Å². The number of benzene rings is 1. The molecule has 0 radical (unpaired) electrons. The van der Waals surface area contributed by atoms with E-state index in [4.69, 9.17) is 0 Å². The molecule has 1 heterocycles. The number of nitrogens with zero attached hydrogens (tertiary/aromatic N) is 1. The highest BCUT2D eigenvalue weighted by Gasteiger charge is 2.35. The molecule has 6 heteroatoms. The first kappa shape index (κ1) is 19.2. The second-order valence-corrected chi connectivity index (χ2v) is 6.42. The molecule has 0 aromatic heterocycles. The van der Waals surface area contributed by atoms with Gasteiger partial charge in [-0.25, -0.2) is 4.39 Å². The van der Waals surface area contributed by atoms with Crippen LogP contribution in [0.25, 0.3) is 0 Å². The number of halogens is 4. The number of hydrogen-bond donors (Lipinski definition) is 1. The summed E-state index contributed by atoms with van der Waals surface area (Å²) >= 11 is 3.32. The normalized spacial score (nSPS) is 20.9. The molecule has 1 atom stereocenters. The molecule has 0 spiro atoms. The lowest BCUT2D eigenvalue weighted by Crippen LogP contribution is -2.48. The van der Waals surface area contributed by atoms with Gasteiger partial charge in [-0.2, -0.15) is 0 Å². The third kappa shape index (κ3) is 4.11. The van der Waals surface area contributed by atoms with Gasteiger partial charge in [-0.05, 0) is 40.8 Å². The summed E-state index contributed by atoms with van der Waals surface area (Å²) in [6, 6.07) is 5.96. The lowest BCUT2D eigenvalue weighted by Gasteiger charge is -2.43. The Bertz CT molecular complexity index is 451. The van der Waals surface area contributed by atoms with Crippen LogP contribution in [0.5, 0.6) is 0 Å². The fourth-order valence-corrected chi connectivity index (χ4v) is 3.60. The maximum Gasteiger partial charge on any atom is 0.142 e. The van der Waals surface area contributed by atoms with E-state index in [1.54, 1.807) is 6.07 Å². The summed E-state index contributed by atoms with van der Waals surface area (Å²) in [5, 5.41) is 3.38. The van der Waals surface area contributed by atoms with Crippen LogP contribution in [0, 0.1) is 11.7 Å². The monoisotopic (exact) mass is 398 g/mol. The summed E-state index contributed by atoms with van der Waals surface area (Å²) in [4.78, 5) is 2.46. The minimum absolute atomic E-state index is 0. The first-order chi connectivity index (χ1) is 9.27. The highest BCUT2D eigenvalue weighted by Crippen LogP contribution is 2.43. The zero-order valence-electron chi connectivity index (χ0n) is 11.9.